The molecule has 1 aromatic carbocycles. The smallest absolute Gasteiger partial charge is 0.244 e. The fourth-order valence-electron chi connectivity index (χ4n) is 2.85. The number of carbonyl (C=O) groups excluding carboxylic acids is 2. The third-order valence-electron chi connectivity index (χ3n) is 4.13. The van der Waals surface area contributed by atoms with Crippen LogP contribution in [0.4, 0.5) is 0 Å². The number of amides is 2. The quantitative estimate of drug-likeness (QED) is 0.807. The topological polar surface area (TPSA) is 90.0 Å². The number of benzene rings is 1. The van der Waals surface area contributed by atoms with Gasteiger partial charge < -0.3 is 11.1 Å². The second-order valence-electron chi connectivity index (χ2n) is 6.72. The molecular weight excluding hydrogens is 316 g/mol. The number of aromatic nitrogens is 2. The standard InChI is InChI=1S/C19H26N4O2/c1-12(2)11-23-14(4)16(13(3)22-23)10-17(24)21-18(19(20)25)15-8-6-5-7-9-15/h5-9,12,18H,10-11H2,1-4H3,(H2,20,25)(H,21,24)/t18-/m0/s1. The molecule has 134 valence electrons. The second-order valence-corrected chi connectivity index (χ2v) is 6.72. The molecule has 0 saturated carbocycles. The summed E-state index contributed by atoms with van der Waals surface area (Å²) in [6.45, 7) is 8.92. The van der Waals surface area contributed by atoms with Crippen LogP contribution in [-0.4, -0.2) is 21.6 Å². The lowest BCUT2D eigenvalue weighted by atomic mass is 10.1. The SMILES string of the molecule is Cc1nn(CC(C)C)c(C)c1CC(=O)N[C@H](C(N)=O)c1ccccc1. The summed E-state index contributed by atoms with van der Waals surface area (Å²) in [5, 5.41) is 7.26. The first-order valence-electron chi connectivity index (χ1n) is 8.46. The Morgan fingerprint density at radius 3 is 2.40 bits per heavy atom. The van der Waals surface area contributed by atoms with E-state index in [1.54, 1.807) is 12.1 Å². The average molecular weight is 342 g/mol. The van der Waals surface area contributed by atoms with Crippen LogP contribution in [0.2, 0.25) is 0 Å². The largest absolute Gasteiger partial charge is 0.368 e. The van der Waals surface area contributed by atoms with Crippen molar-refractivity contribution in [3.05, 3.63) is 52.8 Å². The van der Waals surface area contributed by atoms with E-state index in [0.717, 1.165) is 23.5 Å². The molecule has 1 heterocycles. The Morgan fingerprint density at radius 2 is 1.84 bits per heavy atom. The van der Waals surface area contributed by atoms with Crippen LogP contribution in [0.3, 0.4) is 0 Å². The molecule has 2 aromatic rings. The maximum absolute atomic E-state index is 12.5. The van der Waals surface area contributed by atoms with Gasteiger partial charge in [-0.3, -0.25) is 14.3 Å². The van der Waals surface area contributed by atoms with Crippen molar-refractivity contribution >= 4 is 11.8 Å². The molecule has 0 bridgehead atoms. The van der Waals surface area contributed by atoms with Crippen molar-refractivity contribution in [2.75, 3.05) is 0 Å². The summed E-state index contributed by atoms with van der Waals surface area (Å²) in [7, 11) is 0. The van der Waals surface area contributed by atoms with E-state index in [9.17, 15) is 9.59 Å². The van der Waals surface area contributed by atoms with Crippen LogP contribution in [-0.2, 0) is 22.6 Å². The second kappa shape index (κ2) is 7.96. The minimum atomic E-state index is -0.833. The van der Waals surface area contributed by atoms with Crippen LogP contribution in [0.5, 0.6) is 0 Å². The fourth-order valence-corrected chi connectivity index (χ4v) is 2.85. The number of rotatable bonds is 7. The van der Waals surface area contributed by atoms with Crippen LogP contribution in [0.25, 0.3) is 0 Å². The highest BCUT2D eigenvalue weighted by atomic mass is 16.2. The van der Waals surface area contributed by atoms with E-state index >= 15 is 0 Å². The molecule has 0 spiro atoms. The molecule has 0 aliphatic heterocycles. The Morgan fingerprint density at radius 1 is 1.20 bits per heavy atom. The Kier molecular flexibility index (Phi) is 5.96. The molecule has 0 aliphatic rings. The van der Waals surface area contributed by atoms with Crippen LogP contribution in [0.15, 0.2) is 30.3 Å². The van der Waals surface area contributed by atoms with E-state index in [1.165, 1.54) is 0 Å². The maximum Gasteiger partial charge on any atom is 0.244 e. The summed E-state index contributed by atoms with van der Waals surface area (Å²) in [5.41, 5.74) is 8.85. The molecule has 0 saturated heterocycles. The van der Waals surface area contributed by atoms with Crippen LogP contribution >= 0.6 is 0 Å². The van der Waals surface area contributed by atoms with Gasteiger partial charge in [0.25, 0.3) is 0 Å². The van der Waals surface area contributed by atoms with Crippen molar-refractivity contribution in [2.45, 2.75) is 46.7 Å². The summed E-state index contributed by atoms with van der Waals surface area (Å²) in [4.78, 5) is 24.2. The van der Waals surface area contributed by atoms with Gasteiger partial charge in [0.05, 0.1) is 12.1 Å². The van der Waals surface area contributed by atoms with Crippen molar-refractivity contribution < 1.29 is 9.59 Å². The molecule has 3 N–H and O–H groups in total. The molecule has 0 fully saturated rings. The van der Waals surface area contributed by atoms with Gasteiger partial charge in [0.15, 0.2) is 0 Å². The van der Waals surface area contributed by atoms with Gasteiger partial charge >= 0.3 is 0 Å². The third-order valence-corrected chi connectivity index (χ3v) is 4.13. The van der Waals surface area contributed by atoms with E-state index in [4.69, 9.17) is 5.73 Å². The van der Waals surface area contributed by atoms with Crippen molar-refractivity contribution in [1.29, 1.82) is 0 Å². The molecule has 6 heteroatoms. The van der Waals surface area contributed by atoms with Gasteiger partial charge in [-0.1, -0.05) is 44.2 Å². The number of aryl methyl sites for hydroxylation is 1. The van der Waals surface area contributed by atoms with E-state index in [0.29, 0.717) is 11.5 Å². The summed E-state index contributed by atoms with van der Waals surface area (Å²) in [6, 6.07) is 8.17. The Balaban J connectivity index is 2.14. The van der Waals surface area contributed by atoms with E-state index in [1.807, 2.05) is 36.7 Å². The number of carbonyl (C=O) groups is 2. The minimum absolute atomic E-state index is 0.173. The van der Waals surface area contributed by atoms with E-state index in [-0.39, 0.29) is 12.3 Å². The fraction of sp³-hybridized carbons (Fsp3) is 0.421. The summed E-state index contributed by atoms with van der Waals surface area (Å²) in [5.74, 6) is -0.358. The zero-order chi connectivity index (χ0) is 18.6. The van der Waals surface area contributed by atoms with Crippen molar-refractivity contribution in [1.82, 2.24) is 15.1 Å². The average Bonchev–Trinajstić information content (AvgIpc) is 2.80. The highest BCUT2D eigenvalue weighted by molar-refractivity contribution is 5.88. The number of hydrogen-bond acceptors (Lipinski definition) is 3. The van der Waals surface area contributed by atoms with Crippen LogP contribution in [0.1, 0.15) is 42.4 Å². The van der Waals surface area contributed by atoms with Crippen LogP contribution < -0.4 is 11.1 Å². The van der Waals surface area contributed by atoms with Gasteiger partial charge in [-0.25, -0.2) is 0 Å². The number of nitrogens with one attached hydrogen (secondary N) is 1. The van der Waals surface area contributed by atoms with E-state index < -0.39 is 11.9 Å². The first-order chi connectivity index (χ1) is 11.8. The molecule has 25 heavy (non-hydrogen) atoms. The molecular formula is C19H26N4O2. The lowest BCUT2D eigenvalue weighted by Gasteiger charge is -2.16. The monoisotopic (exact) mass is 342 g/mol. The van der Waals surface area contributed by atoms with Gasteiger partial charge in [0.2, 0.25) is 11.8 Å². The summed E-state index contributed by atoms with van der Waals surface area (Å²) >= 11 is 0. The van der Waals surface area contributed by atoms with Gasteiger partial charge in [0.1, 0.15) is 6.04 Å². The zero-order valence-corrected chi connectivity index (χ0v) is 15.2. The number of nitrogens with two attached hydrogens (primary N) is 1. The number of primary amides is 1. The molecule has 1 atom stereocenters. The van der Waals surface area contributed by atoms with E-state index in [2.05, 4.69) is 24.3 Å². The van der Waals surface area contributed by atoms with Crippen molar-refractivity contribution in [3.63, 3.8) is 0 Å². The molecule has 2 amide bonds. The highest BCUT2D eigenvalue weighted by Gasteiger charge is 2.22. The number of hydrogen-bond donors (Lipinski definition) is 2. The highest BCUT2D eigenvalue weighted by Crippen LogP contribution is 2.17. The normalized spacial score (nSPS) is 12.2. The van der Waals surface area contributed by atoms with Crippen LogP contribution in [0, 0.1) is 19.8 Å². The minimum Gasteiger partial charge on any atom is -0.368 e. The van der Waals surface area contributed by atoms with Crippen molar-refractivity contribution in [2.24, 2.45) is 11.7 Å². The molecule has 6 nitrogen and oxygen atoms in total. The summed E-state index contributed by atoms with van der Waals surface area (Å²) in [6.07, 6.45) is 0.173. The lowest BCUT2D eigenvalue weighted by molar-refractivity contribution is -0.127. The zero-order valence-electron chi connectivity index (χ0n) is 15.2. The Labute approximate surface area is 148 Å². The maximum atomic E-state index is 12.5. The Hall–Kier alpha value is -2.63. The first-order valence-corrected chi connectivity index (χ1v) is 8.46. The van der Waals surface area contributed by atoms with Crippen molar-refractivity contribution in [3.8, 4) is 0 Å². The first kappa shape index (κ1) is 18.7. The predicted octanol–water partition coefficient (Wildman–Crippen LogP) is 2.04. The van der Waals surface area contributed by atoms with Gasteiger partial charge in [-0.2, -0.15) is 5.10 Å². The molecule has 0 radical (unpaired) electrons. The Bertz CT molecular complexity index is 750. The number of nitrogens with zero attached hydrogens (tertiary/aromatic N) is 2. The third kappa shape index (κ3) is 4.68. The van der Waals surface area contributed by atoms with Gasteiger partial charge in [-0.05, 0) is 25.3 Å². The lowest BCUT2D eigenvalue weighted by Crippen LogP contribution is -2.38. The molecule has 1 aromatic heterocycles. The summed E-state index contributed by atoms with van der Waals surface area (Å²) < 4.78 is 1.94. The molecule has 0 unspecified atom stereocenters. The molecule has 2 rings (SSSR count). The molecule has 0 aliphatic carbocycles. The predicted molar refractivity (Wildman–Crippen MR) is 96.8 cm³/mol. The van der Waals surface area contributed by atoms with Gasteiger partial charge in [0, 0.05) is 17.8 Å². The van der Waals surface area contributed by atoms with Gasteiger partial charge in [-0.15, -0.1) is 0 Å².